The molecule has 1 unspecified atom stereocenters. The van der Waals surface area contributed by atoms with Crippen molar-refractivity contribution in [3.8, 4) is 0 Å². The molecule has 13 heavy (non-hydrogen) atoms. The summed E-state index contributed by atoms with van der Waals surface area (Å²) in [6.07, 6.45) is 4.71. The molecular weight excluding hydrogens is 168 g/mol. The van der Waals surface area contributed by atoms with Gasteiger partial charge in [0.15, 0.2) is 0 Å². The van der Waals surface area contributed by atoms with Crippen molar-refractivity contribution in [2.24, 2.45) is 5.92 Å². The summed E-state index contributed by atoms with van der Waals surface area (Å²) < 4.78 is 0. The topological polar surface area (TPSA) is 54.4 Å². The molecule has 0 saturated carbocycles. The number of aldehydes is 2. The van der Waals surface area contributed by atoms with Gasteiger partial charge in [0.1, 0.15) is 12.6 Å². The average Bonchev–Trinajstić information content (AvgIpc) is 2.13. The smallest absolute Gasteiger partial charge is 0.148 e. The highest BCUT2D eigenvalue weighted by molar-refractivity contribution is 5.74. The maximum atomic E-state index is 10.3. The van der Waals surface area contributed by atoms with Gasteiger partial charge in [0.2, 0.25) is 0 Å². The first-order valence-corrected chi connectivity index (χ1v) is 4.04. The Bertz CT molecular complexity index is 239. The number of rotatable bonds is 5. The second-order valence-corrected chi connectivity index (χ2v) is 2.90. The summed E-state index contributed by atoms with van der Waals surface area (Å²) in [5, 5.41) is 8.67. The summed E-state index contributed by atoms with van der Waals surface area (Å²) >= 11 is 0. The monoisotopic (exact) mass is 182 g/mol. The van der Waals surface area contributed by atoms with Gasteiger partial charge in [0.25, 0.3) is 0 Å². The van der Waals surface area contributed by atoms with Crippen molar-refractivity contribution in [3.05, 3.63) is 23.3 Å². The Morgan fingerprint density at radius 3 is 2.46 bits per heavy atom. The van der Waals surface area contributed by atoms with E-state index in [1.54, 1.807) is 26.0 Å². The summed E-state index contributed by atoms with van der Waals surface area (Å²) in [5.41, 5.74) is 1.11. The molecular formula is C10H14O3. The Hall–Kier alpha value is -1.22. The summed E-state index contributed by atoms with van der Waals surface area (Å²) in [7, 11) is 0. The molecule has 0 aromatic carbocycles. The highest BCUT2D eigenvalue weighted by Gasteiger charge is 1.96. The summed E-state index contributed by atoms with van der Waals surface area (Å²) in [5.74, 6) is -0.164. The molecule has 0 spiro atoms. The molecule has 0 fully saturated rings. The van der Waals surface area contributed by atoms with E-state index < -0.39 is 0 Å². The van der Waals surface area contributed by atoms with Gasteiger partial charge in [-0.25, -0.2) is 0 Å². The zero-order valence-corrected chi connectivity index (χ0v) is 7.86. The Morgan fingerprint density at radius 1 is 1.46 bits per heavy atom. The van der Waals surface area contributed by atoms with Crippen LogP contribution < -0.4 is 0 Å². The molecule has 0 bridgehead atoms. The lowest BCUT2D eigenvalue weighted by Gasteiger charge is -1.97. The molecule has 0 rings (SSSR count). The van der Waals surface area contributed by atoms with Crippen molar-refractivity contribution >= 4 is 12.6 Å². The fourth-order valence-electron chi connectivity index (χ4n) is 0.911. The largest absolute Gasteiger partial charge is 0.392 e. The number of hydrogen-bond acceptors (Lipinski definition) is 3. The van der Waals surface area contributed by atoms with E-state index in [0.29, 0.717) is 11.9 Å². The quantitative estimate of drug-likeness (QED) is 0.390. The van der Waals surface area contributed by atoms with Gasteiger partial charge in [-0.3, -0.25) is 4.79 Å². The Balaban J connectivity index is 4.50. The zero-order chi connectivity index (χ0) is 10.3. The molecule has 0 saturated heterocycles. The van der Waals surface area contributed by atoms with Gasteiger partial charge in [-0.15, -0.1) is 0 Å². The summed E-state index contributed by atoms with van der Waals surface area (Å²) in [6.45, 7) is 3.26. The lowest BCUT2D eigenvalue weighted by Crippen LogP contribution is -1.94. The summed E-state index contributed by atoms with van der Waals surface area (Å²) in [6, 6.07) is 0. The minimum absolute atomic E-state index is 0.164. The number of allylic oxidation sites excluding steroid dienone is 3. The molecule has 1 N–H and O–H groups in total. The third-order valence-corrected chi connectivity index (χ3v) is 1.49. The molecule has 0 aromatic heterocycles. The molecule has 0 heterocycles. The molecule has 1 atom stereocenters. The van der Waals surface area contributed by atoms with Gasteiger partial charge in [0, 0.05) is 11.5 Å². The first-order valence-electron chi connectivity index (χ1n) is 4.04. The van der Waals surface area contributed by atoms with Gasteiger partial charge in [-0.2, -0.15) is 0 Å². The van der Waals surface area contributed by atoms with E-state index >= 15 is 0 Å². The number of carbonyl (C=O) groups excluding carboxylic acids is 2. The first kappa shape index (κ1) is 11.8. The minimum atomic E-state index is -0.274. The standard InChI is InChI=1S/C10H14O3/c1-8(3-9(2)5-11)4-10(6-12)7-13/h3-6,9,13H,7H2,1-2H3/b8-3-,10-4-. The van der Waals surface area contributed by atoms with Crippen LogP contribution in [0.25, 0.3) is 0 Å². The second kappa shape index (κ2) is 6.31. The SMILES string of the molecule is CC(=C/C(C)C=O)/C=C(/C=O)CO. The van der Waals surface area contributed by atoms with E-state index in [-0.39, 0.29) is 12.5 Å². The lowest BCUT2D eigenvalue weighted by molar-refractivity contribution is -0.109. The predicted octanol–water partition coefficient (Wildman–Crippen LogP) is 0.885. The molecule has 3 heteroatoms. The van der Waals surface area contributed by atoms with Gasteiger partial charge >= 0.3 is 0 Å². The fourth-order valence-corrected chi connectivity index (χ4v) is 0.911. The lowest BCUT2D eigenvalue weighted by atomic mass is 10.1. The van der Waals surface area contributed by atoms with Crippen LogP contribution in [0, 0.1) is 5.92 Å². The van der Waals surface area contributed by atoms with Crippen molar-refractivity contribution < 1.29 is 14.7 Å². The average molecular weight is 182 g/mol. The Morgan fingerprint density at radius 2 is 2.08 bits per heavy atom. The third-order valence-electron chi connectivity index (χ3n) is 1.49. The van der Waals surface area contributed by atoms with Crippen LogP contribution in [0.3, 0.4) is 0 Å². The third kappa shape index (κ3) is 5.09. The van der Waals surface area contributed by atoms with Crippen molar-refractivity contribution in [1.29, 1.82) is 0 Å². The van der Waals surface area contributed by atoms with Crippen LogP contribution in [-0.4, -0.2) is 24.3 Å². The van der Waals surface area contributed by atoms with Crippen LogP contribution in [-0.2, 0) is 9.59 Å². The predicted molar refractivity (Wildman–Crippen MR) is 50.2 cm³/mol. The highest BCUT2D eigenvalue weighted by atomic mass is 16.3. The molecule has 0 amide bonds. The molecule has 0 aliphatic heterocycles. The normalized spacial score (nSPS) is 15.3. The zero-order valence-electron chi connectivity index (χ0n) is 7.86. The molecule has 0 aromatic rings. The minimum Gasteiger partial charge on any atom is -0.392 e. The number of aliphatic hydroxyl groups is 1. The van der Waals surface area contributed by atoms with E-state index in [9.17, 15) is 9.59 Å². The first-order chi connectivity index (χ1) is 6.13. The van der Waals surface area contributed by atoms with Crippen molar-refractivity contribution in [2.45, 2.75) is 13.8 Å². The van der Waals surface area contributed by atoms with Crippen LogP contribution in [0.2, 0.25) is 0 Å². The maximum absolute atomic E-state index is 10.3. The van der Waals surface area contributed by atoms with E-state index in [1.165, 1.54) is 0 Å². The highest BCUT2D eigenvalue weighted by Crippen LogP contribution is 2.04. The number of aliphatic hydroxyl groups excluding tert-OH is 1. The molecule has 0 radical (unpaired) electrons. The molecule has 0 aliphatic rings. The molecule has 3 nitrogen and oxygen atoms in total. The van der Waals surface area contributed by atoms with Crippen LogP contribution in [0.1, 0.15) is 13.8 Å². The molecule has 0 aliphatic carbocycles. The van der Waals surface area contributed by atoms with Gasteiger partial charge < -0.3 is 9.90 Å². The van der Waals surface area contributed by atoms with Crippen LogP contribution in [0.5, 0.6) is 0 Å². The van der Waals surface area contributed by atoms with Gasteiger partial charge in [0.05, 0.1) is 6.61 Å². The number of carbonyl (C=O) groups is 2. The fraction of sp³-hybridized carbons (Fsp3) is 0.400. The van der Waals surface area contributed by atoms with Crippen molar-refractivity contribution in [2.75, 3.05) is 6.61 Å². The molecule has 72 valence electrons. The van der Waals surface area contributed by atoms with E-state index in [0.717, 1.165) is 11.9 Å². The Labute approximate surface area is 77.8 Å². The van der Waals surface area contributed by atoms with E-state index in [2.05, 4.69) is 0 Å². The number of hydrogen-bond donors (Lipinski definition) is 1. The van der Waals surface area contributed by atoms with Gasteiger partial charge in [-0.05, 0) is 6.92 Å². The summed E-state index contributed by atoms with van der Waals surface area (Å²) in [4.78, 5) is 20.6. The van der Waals surface area contributed by atoms with Gasteiger partial charge in [-0.1, -0.05) is 24.6 Å². The van der Waals surface area contributed by atoms with Crippen LogP contribution in [0.15, 0.2) is 23.3 Å². The van der Waals surface area contributed by atoms with Crippen LogP contribution >= 0.6 is 0 Å². The van der Waals surface area contributed by atoms with Crippen molar-refractivity contribution in [1.82, 2.24) is 0 Å². The van der Waals surface area contributed by atoms with E-state index in [4.69, 9.17) is 5.11 Å². The van der Waals surface area contributed by atoms with Crippen molar-refractivity contribution in [3.63, 3.8) is 0 Å². The second-order valence-electron chi connectivity index (χ2n) is 2.90. The maximum Gasteiger partial charge on any atom is 0.148 e. The Kier molecular flexibility index (Phi) is 5.72. The van der Waals surface area contributed by atoms with Crippen LogP contribution in [0.4, 0.5) is 0 Å². The van der Waals surface area contributed by atoms with E-state index in [1.807, 2.05) is 0 Å².